The minimum Gasteiger partial charge on any atom is -0.436 e. The predicted molar refractivity (Wildman–Crippen MR) is 291 cm³/mol. The number of para-hydroxylation sites is 1. The zero-order valence-corrected chi connectivity index (χ0v) is 39.1. The van der Waals surface area contributed by atoms with E-state index in [2.05, 4.69) is 203 Å². The first kappa shape index (κ1) is 43.2. The Kier molecular flexibility index (Phi) is 11.9. The molecule has 0 saturated heterocycles. The normalized spacial score (nSPS) is 11.3. The highest BCUT2D eigenvalue weighted by molar-refractivity contribution is 6.04. The number of furan rings is 1. The minimum atomic E-state index is 0.538. The van der Waals surface area contributed by atoms with E-state index in [1.807, 2.05) is 54.9 Å². The lowest BCUT2D eigenvalue weighted by atomic mass is 9.86. The fraction of sp³-hybridized carbons (Fsp3) is 0.0606. The van der Waals surface area contributed by atoms with Gasteiger partial charge in [0.1, 0.15) is 5.58 Å². The van der Waals surface area contributed by atoms with E-state index < -0.39 is 0 Å². The average molecular weight is 913 g/mol. The number of aromatic nitrogens is 4. The summed E-state index contributed by atoms with van der Waals surface area (Å²) in [7, 11) is 0. The van der Waals surface area contributed by atoms with Crippen LogP contribution in [0.4, 0.5) is 0 Å². The van der Waals surface area contributed by atoms with Crippen LogP contribution in [0.1, 0.15) is 22.3 Å². The molecule has 8 aromatic carbocycles. The summed E-state index contributed by atoms with van der Waals surface area (Å²) in [6, 6.07) is 82.4. The number of nitrogens with zero attached hydrogens (tertiary/aromatic N) is 4. The summed E-state index contributed by atoms with van der Waals surface area (Å²) in [5.74, 6) is 0. The van der Waals surface area contributed by atoms with Crippen molar-refractivity contribution >= 4 is 22.1 Å². The zero-order valence-electron chi connectivity index (χ0n) is 39.1. The van der Waals surface area contributed by atoms with Crippen LogP contribution in [-0.4, -0.2) is 20.2 Å². The first-order chi connectivity index (χ1) is 35.1. The Morgan fingerprint density at radius 3 is 1.45 bits per heavy atom. The van der Waals surface area contributed by atoms with Gasteiger partial charge in [-0.1, -0.05) is 188 Å². The zero-order chi connectivity index (χ0) is 47.3. The quantitative estimate of drug-likeness (QED) is 0.115. The molecule has 0 aliphatic carbocycles. The van der Waals surface area contributed by atoms with Gasteiger partial charge in [-0.15, -0.1) is 10.2 Å². The summed E-state index contributed by atoms with van der Waals surface area (Å²) < 4.78 is 6.07. The fourth-order valence-electron chi connectivity index (χ4n) is 9.83. The predicted octanol–water partition coefficient (Wildman–Crippen LogP) is 16.4. The second-order valence-electron chi connectivity index (χ2n) is 18.2. The molecule has 0 amide bonds. The summed E-state index contributed by atoms with van der Waals surface area (Å²) in [5, 5.41) is 11.3. The Bertz CT molecular complexity index is 3670. The lowest BCUT2D eigenvalue weighted by molar-refractivity contribution is 0.646. The van der Waals surface area contributed by atoms with E-state index in [1.54, 1.807) is 0 Å². The van der Waals surface area contributed by atoms with Crippen LogP contribution in [0, 0.1) is 0 Å². The maximum Gasteiger partial charge on any atom is 0.247 e. The third-order valence-corrected chi connectivity index (χ3v) is 13.6. The SMILES string of the molecule is c1ccc(-c2ccc(-c3cc(-c4cc5c(nn4)oc4ccccc45)ccc3-c3ccccc3-c3cc(CCc4ccc(-c5ccccn5)cc4)cc(CCc4ccc(-c5ccccn5)cc4)c3)cc2)cc1. The molecule has 0 aliphatic rings. The van der Waals surface area contributed by atoms with Crippen LogP contribution in [0.15, 0.2) is 247 Å². The van der Waals surface area contributed by atoms with Crippen LogP contribution < -0.4 is 0 Å². The maximum absolute atomic E-state index is 6.07. The standard InChI is InChI=1S/C66H48N4O/c1-2-12-49(13-3-1)50-32-34-51(35-33-50)60-43-54(64-44-61-59-16-6-7-19-65(59)71-66(61)70-69-64)36-37-58(60)57-15-5-4-14-56(57)55-41-47(22-20-45-24-28-52(29-25-45)62-17-8-10-38-67-62)40-48(42-55)23-21-46-26-30-53(31-27-46)63-18-9-11-39-68-63/h1-19,24-44H,20-23H2. The molecular weight excluding hydrogens is 865 g/mol. The molecule has 0 spiro atoms. The molecule has 5 heteroatoms. The summed E-state index contributed by atoms with van der Waals surface area (Å²) >= 11 is 0. The van der Waals surface area contributed by atoms with Crippen molar-refractivity contribution in [3.63, 3.8) is 0 Å². The number of pyridine rings is 2. The van der Waals surface area contributed by atoms with Gasteiger partial charge in [-0.2, -0.15) is 0 Å². The molecule has 338 valence electrons. The van der Waals surface area contributed by atoms with Gasteiger partial charge in [0.15, 0.2) is 0 Å². The van der Waals surface area contributed by atoms with Gasteiger partial charge in [-0.3, -0.25) is 9.97 Å². The number of fused-ring (bicyclic) bond motifs is 3. The van der Waals surface area contributed by atoms with E-state index in [0.717, 1.165) is 92.5 Å². The highest BCUT2D eigenvalue weighted by atomic mass is 16.3. The van der Waals surface area contributed by atoms with Gasteiger partial charge in [-0.05, 0) is 135 Å². The van der Waals surface area contributed by atoms with Gasteiger partial charge >= 0.3 is 0 Å². The van der Waals surface area contributed by atoms with Gasteiger partial charge in [0, 0.05) is 34.5 Å². The number of benzene rings is 8. The van der Waals surface area contributed by atoms with Crippen LogP contribution in [0.5, 0.6) is 0 Å². The Balaban J connectivity index is 0.927. The lowest BCUT2D eigenvalue weighted by Crippen LogP contribution is -1.98. The second kappa shape index (κ2) is 19.5. The smallest absolute Gasteiger partial charge is 0.247 e. The van der Waals surface area contributed by atoms with E-state index in [0.29, 0.717) is 5.71 Å². The summed E-state index contributed by atoms with van der Waals surface area (Å²) in [6.07, 6.45) is 7.38. The van der Waals surface area contributed by atoms with Crippen molar-refractivity contribution < 1.29 is 4.42 Å². The van der Waals surface area contributed by atoms with Crippen molar-refractivity contribution in [2.75, 3.05) is 0 Å². The van der Waals surface area contributed by atoms with E-state index >= 15 is 0 Å². The molecule has 4 aromatic heterocycles. The van der Waals surface area contributed by atoms with Crippen LogP contribution in [0.25, 0.3) is 100 Å². The molecule has 12 aromatic rings. The van der Waals surface area contributed by atoms with E-state index in [-0.39, 0.29) is 0 Å². The molecule has 71 heavy (non-hydrogen) atoms. The summed E-state index contributed by atoms with van der Waals surface area (Å²) in [4.78, 5) is 9.14. The molecule has 0 atom stereocenters. The molecule has 0 unspecified atom stereocenters. The maximum atomic E-state index is 6.07. The highest BCUT2D eigenvalue weighted by Gasteiger charge is 2.18. The van der Waals surface area contributed by atoms with Crippen molar-refractivity contribution in [2.24, 2.45) is 0 Å². The van der Waals surface area contributed by atoms with Crippen LogP contribution in [0.2, 0.25) is 0 Å². The fourth-order valence-corrected chi connectivity index (χ4v) is 9.83. The van der Waals surface area contributed by atoms with E-state index in [4.69, 9.17) is 9.52 Å². The molecule has 0 N–H and O–H groups in total. The van der Waals surface area contributed by atoms with Gasteiger partial charge in [0.05, 0.1) is 22.5 Å². The van der Waals surface area contributed by atoms with E-state index in [9.17, 15) is 0 Å². The van der Waals surface area contributed by atoms with Crippen molar-refractivity contribution in [1.29, 1.82) is 0 Å². The first-order valence-corrected chi connectivity index (χ1v) is 24.3. The molecule has 0 aliphatic heterocycles. The Hall–Kier alpha value is -9.06. The first-order valence-electron chi connectivity index (χ1n) is 24.3. The van der Waals surface area contributed by atoms with Gasteiger partial charge < -0.3 is 4.42 Å². The molecule has 0 bridgehead atoms. The van der Waals surface area contributed by atoms with Crippen molar-refractivity contribution in [3.05, 3.63) is 265 Å². The lowest BCUT2D eigenvalue weighted by Gasteiger charge is -2.18. The number of rotatable bonds is 13. The molecule has 4 heterocycles. The Morgan fingerprint density at radius 1 is 0.282 bits per heavy atom. The average Bonchev–Trinajstić information content (AvgIpc) is 3.83. The Morgan fingerprint density at radius 2 is 0.803 bits per heavy atom. The monoisotopic (exact) mass is 912 g/mol. The molecule has 0 saturated carbocycles. The molecule has 0 radical (unpaired) electrons. The minimum absolute atomic E-state index is 0.538. The largest absolute Gasteiger partial charge is 0.436 e. The third-order valence-electron chi connectivity index (χ3n) is 13.6. The Labute approximate surface area is 413 Å². The van der Waals surface area contributed by atoms with Gasteiger partial charge in [-0.25, -0.2) is 0 Å². The van der Waals surface area contributed by atoms with Crippen molar-refractivity contribution in [1.82, 2.24) is 20.2 Å². The van der Waals surface area contributed by atoms with Crippen LogP contribution in [-0.2, 0) is 25.7 Å². The van der Waals surface area contributed by atoms with E-state index in [1.165, 1.54) is 50.1 Å². The number of hydrogen-bond donors (Lipinski definition) is 0. The van der Waals surface area contributed by atoms with Crippen LogP contribution in [0.3, 0.4) is 0 Å². The summed E-state index contributed by atoms with van der Waals surface area (Å²) in [6.45, 7) is 0. The third kappa shape index (κ3) is 9.29. The second-order valence-corrected chi connectivity index (χ2v) is 18.2. The topological polar surface area (TPSA) is 64.7 Å². The molecule has 0 fully saturated rings. The molecule has 5 nitrogen and oxygen atoms in total. The highest BCUT2D eigenvalue weighted by Crippen LogP contribution is 2.42. The van der Waals surface area contributed by atoms with Gasteiger partial charge in [0.2, 0.25) is 5.71 Å². The van der Waals surface area contributed by atoms with Crippen molar-refractivity contribution in [3.8, 4) is 78.3 Å². The number of aryl methyl sites for hydroxylation is 4. The van der Waals surface area contributed by atoms with Crippen LogP contribution >= 0.6 is 0 Å². The summed E-state index contributed by atoms with van der Waals surface area (Å²) in [5.41, 5.74) is 21.9. The van der Waals surface area contributed by atoms with Gasteiger partial charge in [0.25, 0.3) is 0 Å². The van der Waals surface area contributed by atoms with Crippen molar-refractivity contribution in [2.45, 2.75) is 25.7 Å². The molecule has 12 rings (SSSR count). The number of hydrogen-bond acceptors (Lipinski definition) is 5. The molecular formula is C66H48N4O.